The fourth-order valence-corrected chi connectivity index (χ4v) is 4.42. The Hall–Kier alpha value is -3.02. The van der Waals surface area contributed by atoms with Gasteiger partial charge in [-0.05, 0) is 64.8 Å². The summed E-state index contributed by atoms with van der Waals surface area (Å²) in [5.41, 5.74) is 2.83. The van der Waals surface area contributed by atoms with E-state index in [-0.39, 0.29) is 35.7 Å². The van der Waals surface area contributed by atoms with E-state index in [1.165, 1.54) is 9.80 Å². The quantitative estimate of drug-likeness (QED) is 0.750. The smallest absolute Gasteiger partial charge is 0.261 e. The van der Waals surface area contributed by atoms with Gasteiger partial charge >= 0.3 is 0 Å². The summed E-state index contributed by atoms with van der Waals surface area (Å²) in [5.74, 6) is -1.52. The van der Waals surface area contributed by atoms with Crippen molar-refractivity contribution in [1.82, 2.24) is 9.80 Å². The van der Waals surface area contributed by atoms with E-state index in [4.69, 9.17) is 0 Å². The van der Waals surface area contributed by atoms with Crippen molar-refractivity contribution >= 4 is 34.4 Å². The summed E-state index contributed by atoms with van der Waals surface area (Å²) >= 11 is 0. The van der Waals surface area contributed by atoms with Crippen LogP contribution in [-0.4, -0.2) is 45.5 Å². The molecule has 0 saturated carbocycles. The van der Waals surface area contributed by atoms with Gasteiger partial charge in [-0.1, -0.05) is 0 Å². The molecule has 0 aliphatic carbocycles. The molecule has 0 N–H and O–H groups in total. The zero-order chi connectivity index (χ0) is 20.7. The molecule has 0 saturated heterocycles. The number of carbonyl (C=O) groups is 4. The minimum Gasteiger partial charge on any atom is -0.272 e. The topological polar surface area (TPSA) is 74.8 Å². The van der Waals surface area contributed by atoms with Crippen LogP contribution in [0.5, 0.6) is 0 Å². The van der Waals surface area contributed by atoms with Crippen molar-refractivity contribution in [3.63, 3.8) is 0 Å². The van der Waals surface area contributed by atoms with Crippen molar-refractivity contribution in [2.75, 3.05) is 0 Å². The largest absolute Gasteiger partial charge is 0.272 e. The average Bonchev–Trinajstić information content (AvgIpc) is 2.58. The molecule has 0 fully saturated rings. The molecule has 0 aromatic heterocycles. The van der Waals surface area contributed by atoms with Gasteiger partial charge in [0.25, 0.3) is 23.6 Å². The first kappa shape index (κ1) is 18.3. The lowest BCUT2D eigenvalue weighted by Gasteiger charge is -2.36. The summed E-state index contributed by atoms with van der Waals surface area (Å²) in [7, 11) is 0. The van der Waals surface area contributed by atoms with Gasteiger partial charge in [-0.15, -0.1) is 0 Å². The van der Waals surface area contributed by atoms with E-state index in [1.807, 2.05) is 0 Å². The van der Waals surface area contributed by atoms with Crippen LogP contribution in [0.2, 0.25) is 0 Å². The second-order valence-electron chi connectivity index (χ2n) is 8.13. The van der Waals surface area contributed by atoms with Gasteiger partial charge in [-0.25, -0.2) is 0 Å². The summed E-state index contributed by atoms with van der Waals surface area (Å²) in [4.78, 5) is 55.0. The van der Waals surface area contributed by atoms with Gasteiger partial charge in [0.1, 0.15) is 0 Å². The number of hydrogen-bond acceptors (Lipinski definition) is 4. The highest BCUT2D eigenvalue weighted by Gasteiger charge is 2.42. The lowest BCUT2D eigenvalue weighted by molar-refractivity contribution is 0.0540. The molecule has 4 amide bonds. The average molecular weight is 378 g/mol. The van der Waals surface area contributed by atoms with Crippen LogP contribution < -0.4 is 0 Å². The third kappa shape index (κ3) is 2.08. The maximum atomic E-state index is 13.2. The van der Waals surface area contributed by atoms with E-state index in [9.17, 15) is 19.2 Å². The van der Waals surface area contributed by atoms with E-state index in [2.05, 4.69) is 0 Å². The molecule has 4 rings (SSSR count). The lowest BCUT2D eigenvalue weighted by atomic mass is 9.81. The van der Waals surface area contributed by atoms with E-state index >= 15 is 0 Å². The fraction of sp³-hybridized carbons (Fsp3) is 0.364. The molecule has 0 radical (unpaired) electrons. The Bertz CT molecular complexity index is 1040. The maximum absolute atomic E-state index is 13.2. The third-order valence-electron chi connectivity index (χ3n) is 5.60. The predicted molar refractivity (Wildman–Crippen MR) is 105 cm³/mol. The molecule has 2 heterocycles. The molecule has 6 nitrogen and oxygen atoms in total. The summed E-state index contributed by atoms with van der Waals surface area (Å²) in [6, 6.07) is 2.77. The van der Waals surface area contributed by atoms with Crippen LogP contribution in [0.1, 0.15) is 80.3 Å². The molecule has 0 bridgehead atoms. The predicted octanol–water partition coefficient (Wildman–Crippen LogP) is 3.47. The SMILES string of the molecule is Cc1cc2c3c(c(C)cc4c3c1C(=O)N(C(C)C)C4=O)C(=O)N(C(C)C)C2=O. The van der Waals surface area contributed by atoms with Gasteiger partial charge < -0.3 is 0 Å². The Labute approximate surface area is 163 Å². The van der Waals surface area contributed by atoms with Gasteiger partial charge in [0, 0.05) is 34.0 Å². The molecule has 2 aromatic carbocycles. The zero-order valence-electron chi connectivity index (χ0n) is 16.8. The van der Waals surface area contributed by atoms with Crippen LogP contribution in [-0.2, 0) is 0 Å². The fourth-order valence-electron chi connectivity index (χ4n) is 4.42. The second-order valence-corrected chi connectivity index (χ2v) is 8.13. The van der Waals surface area contributed by atoms with Gasteiger partial charge in [0.2, 0.25) is 0 Å². The second kappa shape index (κ2) is 5.74. The first-order valence-electron chi connectivity index (χ1n) is 9.44. The van der Waals surface area contributed by atoms with Crippen LogP contribution in [0.25, 0.3) is 10.8 Å². The van der Waals surface area contributed by atoms with E-state index in [1.54, 1.807) is 53.7 Å². The molecule has 6 heteroatoms. The Morgan fingerprint density at radius 3 is 1.21 bits per heavy atom. The zero-order valence-corrected chi connectivity index (χ0v) is 16.8. The number of benzene rings is 2. The number of hydrogen-bond donors (Lipinski definition) is 0. The normalized spacial score (nSPS) is 16.3. The Kier molecular flexibility index (Phi) is 3.76. The van der Waals surface area contributed by atoms with Crippen molar-refractivity contribution in [2.24, 2.45) is 0 Å². The molecule has 0 atom stereocenters. The molecule has 2 aromatic rings. The highest BCUT2D eigenvalue weighted by atomic mass is 16.2. The van der Waals surface area contributed by atoms with Gasteiger partial charge in [-0.2, -0.15) is 0 Å². The molecule has 0 spiro atoms. The van der Waals surface area contributed by atoms with Crippen molar-refractivity contribution in [2.45, 2.75) is 53.6 Å². The Morgan fingerprint density at radius 2 is 0.929 bits per heavy atom. The van der Waals surface area contributed by atoms with Crippen LogP contribution in [0, 0.1) is 13.8 Å². The summed E-state index contributed by atoms with van der Waals surface area (Å²) < 4.78 is 0. The van der Waals surface area contributed by atoms with E-state index < -0.39 is 0 Å². The highest BCUT2D eigenvalue weighted by molar-refractivity contribution is 6.34. The summed E-state index contributed by atoms with van der Waals surface area (Å²) in [6.45, 7) is 10.7. The number of rotatable bonds is 2. The van der Waals surface area contributed by atoms with E-state index in [0.717, 1.165) is 0 Å². The number of imide groups is 2. The van der Waals surface area contributed by atoms with Crippen LogP contribution >= 0.6 is 0 Å². The van der Waals surface area contributed by atoms with Gasteiger partial charge in [0.05, 0.1) is 11.1 Å². The van der Waals surface area contributed by atoms with Crippen molar-refractivity contribution < 1.29 is 19.2 Å². The number of aryl methyl sites for hydroxylation is 2. The highest BCUT2D eigenvalue weighted by Crippen LogP contribution is 2.41. The molecular weight excluding hydrogens is 356 g/mol. The standard InChI is InChI=1S/C22H22N2O4/c1-9(2)23-19(25)13-7-12(6)16-18-14(20(26)24(10(3)4)22(16)28)8-11(5)15(17(13)18)21(23)27/h7-10H,1-6H3. The molecule has 2 aliphatic heterocycles. The van der Waals surface area contributed by atoms with Crippen LogP contribution in [0.4, 0.5) is 0 Å². The molecule has 28 heavy (non-hydrogen) atoms. The monoisotopic (exact) mass is 378 g/mol. The summed E-state index contributed by atoms with van der Waals surface area (Å²) in [5, 5.41) is 0.875. The molecule has 2 aliphatic rings. The number of carbonyl (C=O) groups excluding carboxylic acids is 4. The number of amides is 4. The Balaban J connectivity index is 2.20. The minimum absolute atomic E-state index is 0.296. The van der Waals surface area contributed by atoms with Gasteiger partial charge in [-0.3, -0.25) is 29.0 Å². The van der Waals surface area contributed by atoms with Crippen molar-refractivity contribution in [3.05, 3.63) is 45.5 Å². The summed E-state index contributed by atoms with van der Waals surface area (Å²) in [6.07, 6.45) is 0. The first-order chi connectivity index (χ1) is 13.1. The Morgan fingerprint density at radius 1 is 0.607 bits per heavy atom. The molecule has 0 unspecified atom stereocenters. The van der Waals surface area contributed by atoms with Crippen LogP contribution in [0.15, 0.2) is 12.1 Å². The van der Waals surface area contributed by atoms with Crippen molar-refractivity contribution in [1.29, 1.82) is 0 Å². The van der Waals surface area contributed by atoms with Gasteiger partial charge in [0.15, 0.2) is 0 Å². The van der Waals surface area contributed by atoms with Crippen molar-refractivity contribution in [3.8, 4) is 0 Å². The minimum atomic E-state index is -0.384. The van der Waals surface area contributed by atoms with Crippen LogP contribution in [0.3, 0.4) is 0 Å². The number of nitrogens with zero attached hydrogens (tertiary/aromatic N) is 2. The first-order valence-corrected chi connectivity index (χ1v) is 9.44. The maximum Gasteiger partial charge on any atom is 0.261 e. The molecule has 144 valence electrons. The van der Waals surface area contributed by atoms with E-state index in [0.29, 0.717) is 44.2 Å². The lowest BCUT2D eigenvalue weighted by Crippen LogP contribution is -2.47. The molecular formula is C22H22N2O4. The third-order valence-corrected chi connectivity index (χ3v) is 5.60.